The smallest absolute Gasteiger partial charge is 0.239 e. The van der Waals surface area contributed by atoms with Crippen LogP contribution in [0.1, 0.15) is 59.8 Å². The Balaban J connectivity index is 2.42. The zero-order valence-corrected chi connectivity index (χ0v) is 12.5. The Hall–Kier alpha value is -0.570. The third-order valence-corrected chi connectivity index (χ3v) is 4.32. The minimum atomic E-state index is -0.0539. The lowest BCUT2D eigenvalue weighted by Crippen LogP contribution is -2.49. The molecule has 0 spiro atoms. The van der Waals surface area contributed by atoms with Gasteiger partial charge in [0.2, 0.25) is 5.91 Å². The lowest BCUT2D eigenvalue weighted by Gasteiger charge is -2.32. The number of likely N-dealkylation sites (N-methyl/N-ethyl adjacent to an activating group) is 1. The van der Waals surface area contributed by atoms with Crippen molar-refractivity contribution in [1.29, 1.82) is 0 Å². The predicted octanol–water partition coefficient (Wildman–Crippen LogP) is 2.80. The summed E-state index contributed by atoms with van der Waals surface area (Å²) in [6.07, 6.45) is 6.74. The van der Waals surface area contributed by atoms with Crippen molar-refractivity contribution in [3.63, 3.8) is 0 Å². The van der Waals surface area contributed by atoms with Gasteiger partial charge in [-0.2, -0.15) is 0 Å². The molecule has 0 heterocycles. The number of nitrogens with zero attached hydrogens (tertiary/aromatic N) is 1. The largest absolute Gasteiger partial charge is 0.342 e. The van der Waals surface area contributed by atoms with Gasteiger partial charge in [0.25, 0.3) is 0 Å². The first-order valence-corrected chi connectivity index (χ1v) is 7.64. The summed E-state index contributed by atoms with van der Waals surface area (Å²) in [4.78, 5) is 14.1. The molecule has 0 aromatic heterocycles. The minimum absolute atomic E-state index is 0.0539. The van der Waals surface area contributed by atoms with Gasteiger partial charge in [0.05, 0.1) is 6.04 Å². The second-order valence-corrected chi connectivity index (χ2v) is 5.59. The number of nitrogens with one attached hydrogen (secondary N) is 1. The summed E-state index contributed by atoms with van der Waals surface area (Å²) in [6.45, 7) is 9.93. The molecule has 3 heteroatoms. The molecule has 1 rings (SSSR count). The Kier molecular flexibility index (Phi) is 6.69. The van der Waals surface area contributed by atoms with Crippen molar-refractivity contribution in [3.8, 4) is 0 Å². The van der Waals surface area contributed by atoms with E-state index in [0.717, 1.165) is 19.0 Å². The molecule has 0 aliphatic heterocycles. The average Bonchev–Trinajstić information content (AvgIpc) is 2.40. The number of rotatable bonds is 6. The maximum absolute atomic E-state index is 12.2. The van der Waals surface area contributed by atoms with Crippen molar-refractivity contribution >= 4 is 5.91 Å². The van der Waals surface area contributed by atoms with E-state index in [1.165, 1.54) is 32.1 Å². The van der Waals surface area contributed by atoms with Crippen molar-refractivity contribution in [2.75, 3.05) is 13.1 Å². The number of carbonyl (C=O) groups excluding carboxylic acids is 1. The van der Waals surface area contributed by atoms with Crippen LogP contribution in [0.3, 0.4) is 0 Å². The quantitative estimate of drug-likeness (QED) is 0.790. The average molecular weight is 254 g/mol. The van der Waals surface area contributed by atoms with Gasteiger partial charge >= 0.3 is 0 Å². The van der Waals surface area contributed by atoms with Crippen molar-refractivity contribution in [1.82, 2.24) is 10.2 Å². The van der Waals surface area contributed by atoms with Crippen LogP contribution < -0.4 is 5.32 Å². The van der Waals surface area contributed by atoms with Crippen LogP contribution in [0.15, 0.2) is 0 Å². The van der Waals surface area contributed by atoms with Gasteiger partial charge in [-0.1, -0.05) is 19.3 Å². The lowest BCUT2D eigenvalue weighted by atomic mass is 9.84. The molecule has 1 aliphatic rings. The normalized spacial score (nSPS) is 20.4. The highest BCUT2D eigenvalue weighted by Gasteiger charge is 2.24. The molecule has 3 nitrogen and oxygen atoms in total. The van der Waals surface area contributed by atoms with Gasteiger partial charge in [-0.3, -0.25) is 4.79 Å². The van der Waals surface area contributed by atoms with Gasteiger partial charge in [0, 0.05) is 19.1 Å². The first kappa shape index (κ1) is 15.5. The van der Waals surface area contributed by atoms with E-state index >= 15 is 0 Å². The Labute approximate surface area is 112 Å². The summed E-state index contributed by atoms with van der Waals surface area (Å²) in [7, 11) is 0. The molecule has 2 atom stereocenters. The third kappa shape index (κ3) is 4.27. The Morgan fingerprint density at radius 3 is 2.22 bits per heavy atom. The zero-order valence-electron chi connectivity index (χ0n) is 12.5. The van der Waals surface area contributed by atoms with E-state index in [0.29, 0.717) is 6.04 Å². The third-order valence-electron chi connectivity index (χ3n) is 4.32. The second-order valence-electron chi connectivity index (χ2n) is 5.59. The van der Waals surface area contributed by atoms with Crippen LogP contribution >= 0.6 is 0 Å². The Bertz CT molecular complexity index is 245. The first-order chi connectivity index (χ1) is 8.60. The van der Waals surface area contributed by atoms with Crippen molar-refractivity contribution in [2.45, 2.75) is 71.9 Å². The molecule has 18 heavy (non-hydrogen) atoms. The molecule has 1 aliphatic carbocycles. The molecule has 2 unspecified atom stereocenters. The summed E-state index contributed by atoms with van der Waals surface area (Å²) in [5.74, 6) is 0.994. The van der Waals surface area contributed by atoms with Crippen molar-refractivity contribution < 1.29 is 4.79 Å². The van der Waals surface area contributed by atoms with Crippen LogP contribution in [0.25, 0.3) is 0 Å². The zero-order chi connectivity index (χ0) is 13.5. The van der Waals surface area contributed by atoms with Gasteiger partial charge in [-0.25, -0.2) is 0 Å². The molecule has 1 N–H and O–H groups in total. The first-order valence-electron chi connectivity index (χ1n) is 7.64. The van der Waals surface area contributed by atoms with Crippen LogP contribution in [0.4, 0.5) is 0 Å². The second kappa shape index (κ2) is 7.78. The summed E-state index contributed by atoms with van der Waals surface area (Å²) in [5.41, 5.74) is 0. The van der Waals surface area contributed by atoms with Gasteiger partial charge in [-0.05, 0) is 46.5 Å². The van der Waals surface area contributed by atoms with Gasteiger partial charge in [0.15, 0.2) is 0 Å². The fourth-order valence-electron chi connectivity index (χ4n) is 3.05. The molecule has 0 radical (unpaired) electrons. The highest BCUT2D eigenvalue weighted by molar-refractivity contribution is 5.81. The molecule has 1 saturated carbocycles. The predicted molar refractivity (Wildman–Crippen MR) is 76.6 cm³/mol. The maximum Gasteiger partial charge on any atom is 0.239 e. The number of carbonyl (C=O) groups is 1. The number of hydrogen-bond acceptors (Lipinski definition) is 2. The van der Waals surface area contributed by atoms with E-state index in [9.17, 15) is 4.79 Å². The SMILES string of the molecule is CCN(CC)C(=O)C(C)NC(C)C1CCCCC1. The summed E-state index contributed by atoms with van der Waals surface area (Å²) >= 11 is 0. The lowest BCUT2D eigenvalue weighted by molar-refractivity contribution is -0.132. The van der Waals surface area contributed by atoms with Crippen molar-refractivity contribution in [3.05, 3.63) is 0 Å². The Morgan fingerprint density at radius 1 is 1.17 bits per heavy atom. The molecule has 0 bridgehead atoms. The monoisotopic (exact) mass is 254 g/mol. The van der Waals surface area contributed by atoms with E-state index < -0.39 is 0 Å². The topological polar surface area (TPSA) is 32.3 Å². The molecule has 1 fully saturated rings. The van der Waals surface area contributed by atoms with E-state index in [1.807, 2.05) is 25.7 Å². The molecular weight excluding hydrogens is 224 g/mol. The summed E-state index contributed by atoms with van der Waals surface area (Å²) in [5, 5.41) is 3.51. The highest BCUT2D eigenvalue weighted by atomic mass is 16.2. The van der Waals surface area contributed by atoms with E-state index in [1.54, 1.807) is 0 Å². The maximum atomic E-state index is 12.2. The standard InChI is InChI=1S/C15H30N2O/c1-5-17(6-2)15(18)13(4)16-12(3)14-10-8-7-9-11-14/h12-14,16H,5-11H2,1-4H3. The van der Waals surface area contributed by atoms with Crippen LogP contribution in [0, 0.1) is 5.92 Å². The van der Waals surface area contributed by atoms with Crippen LogP contribution in [0.5, 0.6) is 0 Å². The van der Waals surface area contributed by atoms with E-state index in [-0.39, 0.29) is 11.9 Å². The fraction of sp³-hybridized carbons (Fsp3) is 0.933. The summed E-state index contributed by atoms with van der Waals surface area (Å²) in [6, 6.07) is 0.404. The molecular formula is C15H30N2O. The number of hydrogen-bond donors (Lipinski definition) is 1. The van der Waals surface area contributed by atoms with Gasteiger partial charge in [0.1, 0.15) is 0 Å². The van der Waals surface area contributed by atoms with Crippen molar-refractivity contribution in [2.24, 2.45) is 5.92 Å². The van der Waals surface area contributed by atoms with Crippen LogP contribution in [-0.2, 0) is 4.79 Å². The van der Waals surface area contributed by atoms with Gasteiger partial charge < -0.3 is 10.2 Å². The molecule has 106 valence electrons. The molecule has 0 saturated heterocycles. The minimum Gasteiger partial charge on any atom is -0.342 e. The van der Waals surface area contributed by atoms with E-state index in [2.05, 4.69) is 12.2 Å². The van der Waals surface area contributed by atoms with E-state index in [4.69, 9.17) is 0 Å². The van der Waals surface area contributed by atoms with Gasteiger partial charge in [-0.15, -0.1) is 0 Å². The highest BCUT2D eigenvalue weighted by Crippen LogP contribution is 2.26. The molecule has 1 amide bonds. The molecule has 0 aromatic carbocycles. The number of amides is 1. The fourth-order valence-corrected chi connectivity index (χ4v) is 3.05. The van der Waals surface area contributed by atoms with Crippen LogP contribution in [0.2, 0.25) is 0 Å². The molecule has 0 aromatic rings. The Morgan fingerprint density at radius 2 is 1.72 bits per heavy atom. The summed E-state index contributed by atoms with van der Waals surface area (Å²) < 4.78 is 0. The van der Waals surface area contributed by atoms with Crippen LogP contribution in [-0.4, -0.2) is 36.0 Å².